The molecule has 0 amide bonds. The Kier molecular flexibility index (Phi) is 1.65. The Balaban J connectivity index is 2.84. The van der Waals surface area contributed by atoms with Crippen LogP contribution in [0.2, 0.25) is 0 Å². The third-order valence-corrected chi connectivity index (χ3v) is 1.83. The van der Waals surface area contributed by atoms with Gasteiger partial charge in [-0.2, -0.15) is 4.98 Å². The van der Waals surface area contributed by atoms with Gasteiger partial charge in [0, 0.05) is 7.05 Å². The highest BCUT2D eigenvalue weighted by Gasteiger charge is 2.09. The summed E-state index contributed by atoms with van der Waals surface area (Å²) in [7, 11) is 3.47. The van der Waals surface area contributed by atoms with Crippen LogP contribution in [0.4, 0.5) is 0 Å². The van der Waals surface area contributed by atoms with Gasteiger partial charge in [0.15, 0.2) is 11.2 Å². The molecule has 0 aliphatic heterocycles. The molecule has 0 fully saturated rings. The SMILES string of the molecule is COc1nc(C)nc2c1ncn2C. The van der Waals surface area contributed by atoms with Gasteiger partial charge in [0.2, 0.25) is 5.88 Å². The summed E-state index contributed by atoms with van der Waals surface area (Å²) in [5, 5.41) is 0. The molecule has 2 aromatic rings. The van der Waals surface area contributed by atoms with E-state index < -0.39 is 0 Å². The molecule has 5 heteroatoms. The fourth-order valence-electron chi connectivity index (χ4n) is 1.23. The van der Waals surface area contributed by atoms with Crippen molar-refractivity contribution in [2.75, 3.05) is 7.11 Å². The number of fused-ring (bicyclic) bond motifs is 1. The Hall–Kier alpha value is -1.65. The molecule has 0 N–H and O–H groups in total. The molecule has 13 heavy (non-hydrogen) atoms. The van der Waals surface area contributed by atoms with Gasteiger partial charge < -0.3 is 9.30 Å². The predicted octanol–water partition coefficient (Wildman–Crippen LogP) is 0.680. The molecule has 0 atom stereocenters. The summed E-state index contributed by atoms with van der Waals surface area (Å²) in [6, 6.07) is 0. The Labute approximate surface area is 75.4 Å². The number of ether oxygens (including phenoxy) is 1. The Morgan fingerprint density at radius 1 is 1.38 bits per heavy atom. The van der Waals surface area contributed by atoms with Crippen molar-refractivity contribution in [2.45, 2.75) is 6.92 Å². The van der Waals surface area contributed by atoms with Gasteiger partial charge in [0.1, 0.15) is 5.82 Å². The summed E-state index contributed by atoms with van der Waals surface area (Å²) in [4.78, 5) is 12.5. The molecule has 0 bridgehead atoms. The first-order valence-corrected chi connectivity index (χ1v) is 3.92. The van der Waals surface area contributed by atoms with Gasteiger partial charge in [0.25, 0.3) is 0 Å². The molecule has 0 unspecified atom stereocenters. The van der Waals surface area contributed by atoms with E-state index in [1.165, 1.54) is 0 Å². The van der Waals surface area contributed by atoms with Crippen molar-refractivity contribution in [3.05, 3.63) is 12.2 Å². The summed E-state index contributed by atoms with van der Waals surface area (Å²) < 4.78 is 6.93. The first-order chi connectivity index (χ1) is 6.22. The fourth-order valence-corrected chi connectivity index (χ4v) is 1.23. The third kappa shape index (κ3) is 1.12. The Morgan fingerprint density at radius 2 is 2.15 bits per heavy atom. The summed E-state index contributed by atoms with van der Waals surface area (Å²) >= 11 is 0. The topological polar surface area (TPSA) is 52.8 Å². The second-order valence-electron chi connectivity index (χ2n) is 2.81. The molecule has 2 rings (SSSR count). The van der Waals surface area contributed by atoms with Gasteiger partial charge in [-0.3, -0.25) is 0 Å². The number of hydrogen-bond donors (Lipinski definition) is 0. The van der Waals surface area contributed by atoms with Crippen LogP contribution in [-0.4, -0.2) is 26.6 Å². The minimum atomic E-state index is 0.531. The molecule has 5 nitrogen and oxygen atoms in total. The van der Waals surface area contributed by atoms with Gasteiger partial charge in [-0.15, -0.1) is 0 Å². The van der Waals surface area contributed by atoms with E-state index in [2.05, 4.69) is 15.0 Å². The molecule has 68 valence electrons. The van der Waals surface area contributed by atoms with Gasteiger partial charge in [-0.05, 0) is 6.92 Å². The quantitative estimate of drug-likeness (QED) is 0.644. The van der Waals surface area contributed by atoms with E-state index in [1.807, 2.05) is 18.5 Å². The monoisotopic (exact) mass is 178 g/mol. The molecular formula is C8H10N4O. The third-order valence-electron chi connectivity index (χ3n) is 1.83. The van der Waals surface area contributed by atoms with Crippen LogP contribution >= 0.6 is 0 Å². The van der Waals surface area contributed by atoms with Crippen LogP contribution in [0.3, 0.4) is 0 Å². The van der Waals surface area contributed by atoms with Gasteiger partial charge >= 0.3 is 0 Å². The average Bonchev–Trinajstić information content (AvgIpc) is 2.47. The highest BCUT2D eigenvalue weighted by Crippen LogP contribution is 2.19. The fraction of sp³-hybridized carbons (Fsp3) is 0.375. The molecule has 0 aliphatic carbocycles. The zero-order valence-electron chi connectivity index (χ0n) is 7.77. The highest BCUT2D eigenvalue weighted by molar-refractivity contribution is 5.76. The lowest BCUT2D eigenvalue weighted by Crippen LogP contribution is -1.96. The molecule has 0 saturated heterocycles. The number of imidazole rings is 1. The first-order valence-electron chi connectivity index (χ1n) is 3.92. The summed E-state index contributed by atoms with van der Waals surface area (Å²) in [6.45, 7) is 1.83. The lowest BCUT2D eigenvalue weighted by molar-refractivity contribution is 0.400. The van der Waals surface area contributed by atoms with Crippen molar-refractivity contribution in [3.8, 4) is 5.88 Å². The Bertz CT molecular complexity index is 449. The molecule has 2 aromatic heterocycles. The lowest BCUT2D eigenvalue weighted by atomic mass is 10.5. The predicted molar refractivity (Wildman–Crippen MR) is 47.6 cm³/mol. The van der Waals surface area contributed by atoms with E-state index in [1.54, 1.807) is 13.4 Å². The number of rotatable bonds is 1. The first kappa shape index (κ1) is 7.97. The van der Waals surface area contributed by atoms with Crippen molar-refractivity contribution in [3.63, 3.8) is 0 Å². The van der Waals surface area contributed by atoms with Gasteiger partial charge in [-0.25, -0.2) is 9.97 Å². The van der Waals surface area contributed by atoms with Crippen molar-refractivity contribution in [2.24, 2.45) is 7.05 Å². The molecule has 0 aliphatic rings. The van der Waals surface area contributed by atoms with E-state index >= 15 is 0 Å². The molecule has 0 radical (unpaired) electrons. The van der Waals surface area contributed by atoms with Crippen molar-refractivity contribution >= 4 is 11.2 Å². The maximum Gasteiger partial charge on any atom is 0.245 e. The van der Waals surface area contributed by atoms with Crippen LogP contribution in [0.5, 0.6) is 5.88 Å². The van der Waals surface area contributed by atoms with E-state index in [4.69, 9.17) is 4.74 Å². The second-order valence-corrected chi connectivity index (χ2v) is 2.81. The van der Waals surface area contributed by atoms with Crippen LogP contribution in [0.25, 0.3) is 11.2 Å². The largest absolute Gasteiger partial charge is 0.479 e. The maximum atomic E-state index is 5.09. The number of aromatic nitrogens is 4. The molecule has 0 aromatic carbocycles. The van der Waals surface area contributed by atoms with E-state index in [9.17, 15) is 0 Å². The van der Waals surface area contributed by atoms with Crippen LogP contribution in [-0.2, 0) is 7.05 Å². The maximum absolute atomic E-state index is 5.09. The van der Waals surface area contributed by atoms with Crippen LogP contribution in [0.15, 0.2) is 6.33 Å². The van der Waals surface area contributed by atoms with Crippen LogP contribution < -0.4 is 4.74 Å². The minimum absolute atomic E-state index is 0.531. The smallest absolute Gasteiger partial charge is 0.245 e. The van der Waals surface area contributed by atoms with Crippen LogP contribution in [0, 0.1) is 6.92 Å². The summed E-state index contributed by atoms with van der Waals surface area (Å²) in [5.74, 6) is 1.22. The minimum Gasteiger partial charge on any atom is -0.479 e. The standard InChI is InChI=1S/C8H10N4O/c1-5-10-7-6(8(11-5)13-3)9-4-12(7)2/h4H,1-3H3. The Morgan fingerprint density at radius 3 is 2.85 bits per heavy atom. The highest BCUT2D eigenvalue weighted by atomic mass is 16.5. The van der Waals surface area contributed by atoms with Crippen molar-refractivity contribution in [1.29, 1.82) is 0 Å². The van der Waals surface area contributed by atoms with E-state index in [0.717, 1.165) is 5.65 Å². The van der Waals surface area contributed by atoms with Gasteiger partial charge in [0.05, 0.1) is 13.4 Å². The van der Waals surface area contributed by atoms with Crippen molar-refractivity contribution < 1.29 is 4.74 Å². The number of nitrogens with zero attached hydrogens (tertiary/aromatic N) is 4. The lowest BCUT2D eigenvalue weighted by Gasteiger charge is -2.00. The molecule has 0 saturated carbocycles. The zero-order valence-corrected chi connectivity index (χ0v) is 7.77. The number of methoxy groups -OCH3 is 1. The molecule has 2 heterocycles. The normalized spacial score (nSPS) is 10.7. The number of hydrogen-bond acceptors (Lipinski definition) is 4. The summed E-state index contributed by atoms with van der Waals surface area (Å²) in [5.41, 5.74) is 1.50. The van der Waals surface area contributed by atoms with Crippen LogP contribution in [0.1, 0.15) is 5.82 Å². The molecular weight excluding hydrogens is 168 g/mol. The average molecular weight is 178 g/mol. The second kappa shape index (κ2) is 2.69. The molecule has 0 spiro atoms. The number of aryl methyl sites for hydroxylation is 2. The van der Waals surface area contributed by atoms with E-state index in [-0.39, 0.29) is 0 Å². The summed E-state index contributed by atoms with van der Waals surface area (Å²) in [6.07, 6.45) is 1.70. The van der Waals surface area contributed by atoms with Crippen molar-refractivity contribution in [1.82, 2.24) is 19.5 Å². The van der Waals surface area contributed by atoms with Gasteiger partial charge in [-0.1, -0.05) is 0 Å². The van der Waals surface area contributed by atoms with E-state index in [0.29, 0.717) is 17.2 Å². The zero-order chi connectivity index (χ0) is 9.42.